The van der Waals surface area contributed by atoms with Crippen molar-refractivity contribution in [2.24, 2.45) is 0 Å². The Morgan fingerprint density at radius 2 is 1.88 bits per heavy atom. The summed E-state index contributed by atoms with van der Waals surface area (Å²) in [4.78, 5) is 5.57. The zero-order valence-electron chi connectivity index (χ0n) is 18.3. The third-order valence-corrected chi connectivity index (χ3v) is 7.09. The molecule has 1 fully saturated rings. The lowest BCUT2D eigenvalue weighted by molar-refractivity contribution is -0.232. The van der Waals surface area contributed by atoms with Crippen LogP contribution in [0.15, 0.2) is 61.3 Å². The largest absolute Gasteiger partial charge is 0.489 e. The van der Waals surface area contributed by atoms with Crippen LogP contribution in [0.1, 0.15) is 22.2 Å². The standard InChI is InChI=1S/C25H26ClNO6S/c1-2-8-32-18-11-17(26)15(10-21-27-12-20(34-21)14-6-4-3-5-7-14)9-16(18)25-24(31)23(30)22(29)19(13-28)33-25/h2-7,9,11-12,19,22-25,28-31H,1,8,10,13H2/t19-,22-,23+,24-,25+/m1/s1. The van der Waals surface area contributed by atoms with Crippen molar-refractivity contribution in [1.82, 2.24) is 4.98 Å². The first kappa shape index (κ1) is 24.8. The lowest BCUT2D eigenvalue weighted by atomic mass is 9.90. The number of aliphatic hydroxyl groups is 4. The first-order valence-electron chi connectivity index (χ1n) is 10.8. The summed E-state index contributed by atoms with van der Waals surface area (Å²) < 4.78 is 11.5. The highest BCUT2D eigenvalue weighted by molar-refractivity contribution is 7.15. The molecule has 4 N–H and O–H groups in total. The first-order chi connectivity index (χ1) is 16.4. The van der Waals surface area contributed by atoms with Crippen LogP contribution in [0.5, 0.6) is 5.75 Å². The van der Waals surface area contributed by atoms with Crippen molar-refractivity contribution in [2.75, 3.05) is 13.2 Å². The maximum Gasteiger partial charge on any atom is 0.127 e. The molecule has 0 radical (unpaired) electrons. The Morgan fingerprint density at radius 3 is 2.59 bits per heavy atom. The van der Waals surface area contributed by atoms with Crippen molar-refractivity contribution >= 4 is 22.9 Å². The second kappa shape index (κ2) is 11.0. The molecule has 0 aliphatic carbocycles. The van der Waals surface area contributed by atoms with E-state index in [-0.39, 0.29) is 6.61 Å². The van der Waals surface area contributed by atoms with Gasteiger partial charge in [-0.2, -0.15) is 0 Å². The number of thiazole rings is 1. The minimum atomic E-state index is -1.50. The van der Waals surface area contributed by atoms with Crippen molar-refractivity contribution in [2.45, 2.75) is 36.9 Å². The van der Waals surface area contributed by atoms with Crippen molar-refractivity contribution in [1.29, 1.82) is 0 Å². The minimum Gasteiger partial charge on any atom is -0.489 e. The number of ether oxygens (including phenoxy) is 2. The average molecular weight is 504 g/mol. The molecule has 5 atom stereocenters. The van der Waals surface area contributed by atoms with Gasteiger partial charge >= 0.3 is 0 Å². The highest BCUT2D eigenvalue weighted by Gasteiger charge is 2.45. The lowest BCUT2D eigenvalue weighted by Gasteiger charge is -2.40. The molecule has 0 saturated carbocycles. The lowest BCUT2D eigenvalue weighted by Crippen LogP contribution is -2.55. The monoisotopic (exact) mass is 503 g/mol. The van der Waals surface area contributed by atoms with Crippen LogP contribution in [0.3, 0.4) is 0 Å². The van der Waals surface area contributed by atoms with Gasteiger partial charge in [0.1, 0.15) is 42.9 Å². The molecule has 2 aromatic carbocycles. The van der Waals surface area contributed by atoms with E-state index in [4.69, 9.17) is 21.1 Å². The van der Waals surface area contributed by atoms with Crippen LogP contribution >= 0.6 is 22.9 Å². The Labute approximate surface area is 206 Å². The fourth-order valence-electron chi connectivity index (χ4n) is 3.90. The van der Waals surface area contributed by atoms with E-state index in [1.165, 1.54) is 0 Å². The Hall–Kier alpha value is -2.30. The molecule has 1 aliphatic rings. The van der Waals surface area contributed by atoms with E-state index in [2.05, 4.69) is 11.6 Å². The van der Waals surface area contributed by atoms with Crippen LogP contribution < -0.4 is 4.74 Å². The molecule has 2 heterocycles. The summed E-state index contributed by atoms with van der Waals surface area (Å²) in [5.74, 6) is 0.349. The predicted molar refractivity (Wildman–Crippen MR) is 130 cm³/mol. The van der Waals surface area contributed by atoms with Gasteiger partial charge in [0.2, 0.25) is 0 Å². The number of aliphatic hydroxyl groups excluding tert-OH is 4. The highest BCUT2D eigenvalue weighted by atomic mass is 35.5. The van der Waals surface area contributed by atoms with E-state index >= 15 is 0 Å². The van der Waals surface area contributed by atoms with E-state index in [1.54, 1.807) is 29.5 Å². The Morgan fingerprint density at radius 1 is 1.12 bits per heavy atom. The van der Waals surface area contributed by atoms with Crippen LogP contribution in [-0.4, -0.2) is 63.0 Å². The van der Waals surface area contributed by atoms with Crippen LogP contribution in [0, 0.1) is 0 Å². The molecule has 3 aromatic rings. The summed E-state index contributed by atoms with van der Waals surface area (Å²) in [5.41, 5.74) is 2.25. The van der Waals surface area contributed by atoms with Gasteiger partial charge in [-0.1, -0.05) is 54.6 Å². The maximum atomic E-state index is 10.7. The molecule has 0 spiro atoms. The zero-order valence-corrected chi connectivity index (χ0v) is 19.8. The molecule has 0 bridgehead atoms. The number of hydrogen-bond donors (Lipinski definition) is 4. The maximum absolute atomic E-state index is 10.7. The molecule has 0 unspecified atom stereocenters. The number of hydrogen-bond acceptors (Lipinski definition) is 8. The van der Waals surface area contributed by atoms with Gasteiger partial charge in [0.25, 0.3) is 0 Å². The second-order valence-corrected chi connectivity index (χ2v) is 9.51. The van der Waals surface area contributed by atoms with Gasteiger partial charge < -0.3 is 29.9 Å². The fraction of sp³-hybridized carbons (Fsp3) is 0.320. The van der Waals surface area contributed by atoms with E-state index < -0.39 is 37.1 Å². The molecule has 34 heavy (non-hydrogen) atoms. The molecule has 180 valence electrons. The molecule has 7 nitrogen and oxygen atoms in total. The first-order valence-corrected chi connectivity index (χ1v) is 12.0. The molecule has 1 aliphatic heterocycles. The van der Waals surface area contributed by atoms with Gasteiger partial charge in [-0.15, -0.1) is 11.3 Å². The van der Waals surface area contributed by atoms with Gasteiger partial charge in [-0.25, -0.2) is 4.98 Å². The summed E-state index contributed by atoms with van der Waals surface area (Å²) in [6, 6.07) is 13.3. The van der Waals surface area contributed by atoms with Crippen molar-refractivity contribution < 1.29 is 29.9 Å². The van der Waals surface area contributed by atoms with E-state index in [0.29, 0.717) is 22.8 Å². The van der Waals surface area contributed by atoms with Crippen LogP contribution in [0.25, 0.3) is 10.4 Å². The molecule has 4 rings (SSSR count). The zero-order chi connectivity index (χ0) is 24.2. The molecule has 0 amide bonds. The molecule has 9 heteroatoms. The molecular weight excluding hydrogens is 478 g/mol. The van der Waals surface area contributed by atoms with Crippen molar-refractivity contribution in [3.8, 4) is 16.2 Å². The summed E-state index contributed by atoms with van der Waals surface area (Å²) >= 11 is 8.13. The highest BCUT2D eigenvalue weighted by Crippen LogP contribution is 2.40. The van der Waals surface area contributed by atoms with Gasteiger partial charge in [0.15, 0.2) is 0 Å². The van der Waals surface area contributed by atoms with Crippen LogP contribution in [0.4, 0.5) is 0 Å². The van der Waals surface area contributed by atoms with E-state index in [9.17, 15) is 20.4 Å². The molecular formula is C25H26ClNO6S. The third-order valence-electron chi connectivity index (χ3n) is 5.69. The Balaban J connectivity index is 1.68. The summed E-state index contributed by atoms with van der Waals surface area (Å²) in [7, 11) is 0. The topological polar surface area (TPSA) is 112 Å². The summed E-state index contributed by atoms with van der Waals surface area (Å²) in [5, 5.41) is 42.0. The van der Waals surface area contributed by atoms with Crippen LogP contribution in [0.2, 0.25) is 5.02 Å². The normalized spacial score (nSPS) is 24.7. The number of rotatable bonds is 8. The number of aromatic nitrogens is 1. The Bertz CT molecular complexity index is 1120. The summed E-state index contributed by atoms with van der Waals surface area (Å²) in [6.07, 6.45) is -2.67. The summed E-state index contributed by atoms with van der Waals surface area (Å²) in [6.45, 7) is 3.32. The number of halogens is 1. The third kappa shape index (κ3) is 5.18. The van der Waals surface area contributed by atoms with Gasteiger partial charge in [-0.05, 0) is 23.3 Å². The number of nitrogens with zero attached hydrogens (tertiary/aromatic N) is 1. The van der Waals surface area contributed by atoms with Crippen molar-refractivity contribution in [3.63, 3.8) is 0 Å². The predicted octanol–water partition coefficient (Wildman–Crippen LogP) is 3.13. The second-order valence-electron chi connectivity index (χ2n) is 7.99. The van der Waals surface area contributed by atoms with Crippen molar-refractivity contribution in [3.05, 3.63) is 82.5 Å². The SMILES string of the molecule is C=CCOc1cc(Cl)c(Cc2ncc(-c3ccccc3)s2)cc1[C@@H]1O[C@H](CO)[C@@H](O)[C@H](O)[C@H]1O. The average Bonchev–Trinajstić information content (AvgIpc) is 3.32. The van der Waals surface area contributed by atoms with Gasteiger partial charge in [0, 0.05) is 23.2 Å². The quantitative estimate of drug-likeness (QED) is 0.349. The van der Waals surface area contributed by atoms with Gasteiger partial charge in [-0.3, -0.25) is 0 Å². The van der Waals surface area contributed by atoms with E-state index in [1.807, 2.05) is 36.5 Å². The Kier molecular flexibility index (Phi) is 8.00. The fourth-order valence-corrected chi connectivity index (χ4v) is 5.07. The smallest absolute Gasteiger partial charge is 0.127 e. The molecule has 1 aromatic heterocycles. The van der Waals surface area contributed by atoms with Crippen LogP contribution in [-0.2, 0) is 11.2 Å². The number of benzene rings is 2. The van der Waals surface area contributed by atoms with Gasteiger partial charge in [0.05, 0.1) is 16.5 Å². The van der Waals surface area contributed by atoms with E-state index in [0.717, 1.165) is 21.0 Å². The molecule has 1 saturated heterocycles. The minimum absolute atomic E-state index is 0.188.